The van der Waals surface area contributed by atoms with E-state index in [4.69, 9.17) is 25.3 Å². The van der Waals surface area contributed by atoms with Crippen molar-refractivity contribution >= 4 is 39.8 Å². The maximum Gasteiger partial charge on any atom is 0.349 e. The fourth-order valence-corrected chi connectivity index (χ4v) is 3.64. The second-order valence-electron chi connectivity index (χ2n) is 6.15. The van der Waals surface area contributed by atoms with Gasteiger partial charge in [0, 0.05) is 10.6 Å². The Labute approximate surface area is 179 Å². The van der Waals surface area contributed by atoms with Crippen LogP contribution >= 0.6 is 22.9 Å². The van der Waals surface area contributed by atoms with E-state index in [0.29, 0.717) is 26.3 Å². The van der Waals surface area contributed by atoms with Gasteiger partial charge >= 0.3 is 5.97 Å². The van der Waals surface area contributed by atoms with Gasteiger partial charge in [-0.15, -0.1) is 11.3 Å². The van der Waals surface area contributed by atoms with Crippen molar-refractivity contribution in [1.82, 2.24) is 10.1 Å². The van der Waals surface area contributed by atoms with E-state index >= 15 is 0 Å². The predicted molar refractivity (Wildman–Crippen MR) is 110 cm³/mol. The summed E-state index contributed by atoms with van der Waals surface area (Å²) < 4.78 is 15.5. The smallest absolute Gasteiger partial charge is 0.349 e. The number of carbonyl (C=O) groups excluding carboxylic acids is 2. The summed E-state index contributed by atoms with van der Waals surface area (Å²) in [5.74, 6) is -0.246. The number of benzene rings is 1. The summed E-state index contributed by atoms with van der Waals surface area (Å²) in [5, 5.41) is 7.66. The number of ether oxygens (including phenoxy) is 1. The fourth-order valence-electron chi connectivity index (χ4n) is 2.55. The van der Waals surface area contributed by atoms with Crippen molar-refractivity contribution in [3.8, 4) is 11.4 Å². The lowest BCUT2D eigenvalue weighted by molar-refractivity contribution is 0.0434. The molecule has 0 saturated carbocycles. The molecule has 4 rings (SSSR count). The summed E-state index contributed by atoms with van der Waals surface area (Å²) in [6.45, 7) is 1.58. The first-order valence-electron chi connectivity index (χ1n) is 8.70. The Morgan fingerprint density at radius 3 is 2.77 bits per heavy atom. The molecule has 0 radical (unpaired) electrons. The minimum atomic E-state index is -0.553. The van der Waals surface area contributed by atoms with Gasteiger partial charge in [0.2, 0.25) is 5.82 Å². The van der Waals surface area contributed by atoms with E-state index in [9.17, 15) is 9.59 Å². The highest BCUT2D eigenvalue weighted by molar-refractivity contribution is 7.18. The molecule has 0 aliphatic heterocycles. The number of rotatable bonds is 6. The SMILES string of the molecule is Cc1cc(NC(=O)c2ccco2)sc1C(=O)OCc1nc(-c2ccc(Cl)cc2)no1. The second kappa shape index (κ2) is 8.52. The van der Waals surface area contributed by atoms with Crippen LogP contribution in [0.4, 0.5) is 5.00 Å². The van der Waals surface area contributed by atoms with Gasteiger partial charge in [-0.25, -0.2) is 4.79 Å². The summed E-state index contributed by atoms with van der Waals surface area (Å²) in [6, 6.07) is 11.8. The minimum absolute atomic E-state index is 0.161. The Kier molecular flexibility index (Phi) is 5.64. The van der Waals surface area contributed by atoms with Crippen molar-refractivity contribution in [2.75, 3.05) is 5.32 Å². The third-order valence-electron chi connectivity index (χ3n) is 3.98. The van der Waals surface area contributed by atoms with Crippen molar-refractivity contribution in [2.24, 2.45) is 0 Å². The number of anilines is 1. The van der Waals surface area contributed by atoms with Gasteiger partial charge in [0.1, 0.15) is 4.88 Å². The van der Waals surface area contributed by atoms with Gasteiger partial charge < -0.3 is 19.0 Å². The van der Waals surface area contributed by atoms with Crippen LogP contribution in [-0.2, 0) is 11.3 Å². The fraction of sp³-hybridized carbons (Fsp3) is 0.100. The van der Waals surface area contributed by atoms with E-state index in [1.807, 2.05) is 0 Å². The number of esters is 1. The number of halogens is 1. The summed E-state index contributed by atoms with van der Waals surface area (Å²) in [5.41, 5.74) is 1.40. The first kappa shape index (κ1) is 19.9. The average Bonchev–Trinajstić information content (AvgIpc) is 3.48. The first-order chi connectivity index (χ1) is 14.5. The van der Waals surface area contributed by atoms with E-state index < -0.39 is 11.9 Å². The molecule has 30 heavy (non-hydrogen) atoms. The van der Waals surface area contributed by atoms with Gasteiger partial charge in [-0.05, 0) is 55.0 Å². The molecule has 3 heterocycles. The van der Waals surface area contributed by atoms with Crippen molar-refractivity contribution in [3.05, 3.63) is 75.8 Å². The summed E-state index contributed by atoms with van der Waals surface area (Å²) >= 11 is 6.97. The van der Waals surface area contributed by atoms with Crippen LogP contribution in [-0.4, -0.2) is 22.0 Å². The Morgan fingerprint density at radius 1 is 1.23 bits per heavy atom. The lowest BCUT2D eigenvalue weighted by atomic mass is 10.2. The number of hydrogen-bond acceptors (Lipinski definition) is 8. The van der Waals surface area contributed by atoms with Crippen LogP contribution in [0.1, 0.15) is 31.7 Å². The topological polar surface area (TPSA) is 107 Å². The van der Waals surface area contributed by atoms with Crippen LogP contribution in [0.2, 0.25) is 5.02 Å². The minimum Gasteiger partial charge on any atom is -0.459 e. The van der Waals surface area contributed by atoms with Crippen LogP contribution < -0.4 is 5.32 Å². The molecule has 4 aromatic rings. The maximum absolute atomic E-state index is 12.4. The number of thiophene rings is 1. The highest BCUT2D eigenvalue weighted by Gasteiger charge is 2.19. The van der Waals surface area contributed by atoms with E-state index in [-0.39, 0.29) is 18.3 Å². The molecular formula is C20H14ClN3O5S. The Balaban J connectivity index is 1.38. The number of nitrogens with one attached hydrogen (secondary N) is 1. The number of hydrogen-bond donors (Lipinski definition) is 1. The van der Waals surface area contributed by atoms with E-state index in [1.165, 1.54) is 6.26 Å². The number of aromatic nitrogens is 2. The van der Waals surface area contributed by atoms with E-state index in [1.54, 1.807) is 49.4 Å². The molecule has 0 atom stereocenters. The highest BCUT2D eigenvalue weighted by Crippen LogP contribution is 2.28. The molecule has 8 nitrogen and oxygen atoms in total. The van der Waals surface area contributed by atoms with Crippen molar-refractivity contribution in [1.29, 1.82) is 0 Å². The highest BCUT2D eigenvalue weighted by atomic mass is 35.5. The maximum atomic E-state index is 12.4. The van der Waals surface area contributed by atoms with E-state index in [2.05, 4.69) is 15.5 Å². The lowest BCUT2D eigenvalue weighted by Gasteiger charge is -2.00. The van der Waals surface area contributed by atoms with Crippen molar-refractivity contribution < 1.29 is 23.3 Å². The monoisotopic (exact) mass is 443 g/mol. The summed E-state index contributed by atoms with van der Waals surface area (Å²) in [6.07, 6.45) is 1.41. The quantitative estimate of drug-likeness (QED) is 0.419. The molecule has 10 heteroatoms. The molecule has 0 saturated heterocycles. The van der Waals surface area contributed by atoms with Gasteiger partial charge in [0.25, 0.3) is 11.8 Å². The zero-order valence-corrected chi connectivity index (χ0v) is 17.1. The predicted octanol–water partition coefficient (Wildman–Crippen LogP) is 4.96. The number of carbonyl (C=O) groups is 2. The van der Waals surface area contributed by atoms with E-state index in [0.717, 1.165) is 16.9 Å². The summed E-state index contributed by atoms with van der Waals surface area (Å²) in [7, 11) is 0. The van der Waals surface area contributed by atoms with Crippen molar-refractivity contribution in [3.63, 3.8) is 0 Å². The number of nitrogens with zero attached hydrogens (tertiary/aromatic N) is 2. The largest absolute Gasteiger partial charge is 0.459 e. The molecule has 0 bridgehead atoms. The van der Waals surface area contributed by atoms with Crippen LogP contribution in [0.3, 0.4) is 0 Å². The van der Waals surface area contributed by atoms with Gasteiger partial charge in [-0.3, -0.25) is 4.79 Å². The molecule has 152 valence electrons. The Bertz CT molecular complexity index is 1180. The van der Waals surface area contributed by atoms with Crippen LogP contribution in [0.5, 0.6) is 0 Å². The van der Waals surface area contributed by atoms with Gasteiger partial charge in [-0.1, -0.05) is 16.8 Å². The number of aryl methyl sites for hydroxylation is 1. The molecule has 1 N–H and O–H groups in total. The molecule has 0 unspecified atom stereocenters. The molecule has 3 aromatic heterocycles. The zero-order chi connectivity index (χ0) is 21.1. The van der Waals surface area contributed by atoms with Gasteiger partial charge in [0.05, 0.1) is 11.3 Å². The molecule has 1 aromatic carbocycles. The van der Waals surface area contributed by atoms with Crippen LogP contribution in [0.25, 0.3) is 11.4 Å². The lowest BCUT2D eigenvalue weighted by Crippen LogP contribution is -2.09. The molecule has 1 amide bonds. The van der Waals surface area contributed by atoms with Gasteiger partial charge in [-0.2, -0.15) is 4.98 Å². The van der Waals surface area contributed by atoms with Crippen LogP contribution in [0.15, 0.2) is 57.7 Å². The van der Waals surface area contributed by atoms with Gasteiger partial charge in [0.15, 0.2) is 12.4 Å². The third kappa shape index (κ3) is 4.42. The summed E-state index contributed by atoms with van der Waals surface area (Å²) in [4.78, 5) is 29.1. The normalized spacial score (nSPS) is 10.7. The van der Waals surface area contributed by atoms with Crippen molar-refractivity contribution in [2.45, 2.75) is 13.5 Å². The molecule has 0 aliphatic carbocycles. The molecule has 0 aliphatic rings. The first-order valence-corrected chi connectivity index (χ1v) is 9.90. The third-order valence-corrected chi connectivity index (χ3v) is 5.37. The number of amides is 1. The Morgan fingerprint density at radius 2 is 2.03 bits per heavy atom. The second-order valence-corrected chi connectivity index (χ2v) is 7.64. The Hall–Kier alpha value is -3.43. The standard InChI is InChI=1S/C20H14ClN3O5S/c1-11-9-16(23-19(25)14-3-2-8-27-14)30-17(11)20(26)28-10-15-22-18(24-29-15)12-4-6-13(21)7-5-12/h2-9H,10H2,1H3,(H,23,25). The van der Waals surface area contributed by atoms with Crippen LogP contribution in [0, 0.1) is 6.92 Å². The zero-order valence-electron chi connectivity index (χ0n) is 15.5. The molecular weight excluding hydrogens is 430 g/mol. The molecule has 0 spiro atoms. The average molecular weight is 444 g/mol. The molecule has 0 fully saturated rings. The number of furan rings is 1.